The molecule has 174 valence electrons. The Bertz CT molecular complexity index is 1380. The summed E-state index contributed by atoms with van der Waals surface area (Å²) < 4.78 is 20.0. The van der Waals surface area contributed by atoms with E-state index < -0.39 is 17.1 Å². The van der Waals surface area contributed by atoms with Crippen LogP contribution in [0.2, 0.25) is 0 Å². The van der Waals surface area contributed by atoms with Gasteiger partial charge in [0.15, 0.2) is 5.16 Å². The Kier molecular flexibility index (Phi) is 6.87. The third-order valence-corrected chi connectivity index (χ3v) is 5.58. The lowest BCUT2D eigenvalue weighted by Gasteiger charge is -2.11. The van der Waals surface area contributed by atoms with E-state index in [0.717, 1.165) is 11.8 Å². The van der Waals surface area contributed by atoms with Gasteiger partial charge in [0.1, 0.15) is 17.4 Å². The van der Waals surface area contributed by atoms with Gasteiger partial charge in [0.25, 0.3) is 5.56 Å². The highest BCUT2D eigenvalue weighted by atomic mass is 32.2. The third kappa shape index (κ3) is 5.59. The zero-order valence-electron chi connectivity index (χ0n) is 17.9. The van der Waals surface area contributed by atoms with Crippen LogP contribution in [-0.4, -0.2) is 43.5 Å². The first-order chi connectivity index (χ1) is 16.4. The fraction of sp³-hybridized carbons (Fsp3) is 0.136. The molecule has 0 saturated heterocycles. The number of nitrogens with one attached hydrogen (secondary N) is 3. The van der Waals surface area contributed by atoms with Gasteiger partial charge >= 0.3 is 5.69 Å². The van der Waals surface area contributed by atoms with E-state index in [-0.39, 0.29) is 18.1 Å². The maximum Gasteiger partial charge on any atom is 0.325 e. The molecule has 0 spiro atoms. The molecule has 0 fully saturated rings. The number of ether oxygens (including phenoxy) is 1. The molecule has 12 heteroatoms. The fourth-order valence-corrected chi connectivity index (χ4v) is 3.92. The Hall–Kier alpha value is -4.19. The molecule has 3 N–H and O–H groups in total. The number of amides is 1. The Morgan fingerprint density at radius 2 is 1.82 bits per heavy atom. The van der Waals surface area contributed by atoms with Crippen LogP contribution in [0.4, 0.5) is 10.1 Å². The van der Waals surface area contributed by atoms with Crippen molar-refractivity contribution in [3.05, 3.63) is 92.8 Å². The van der Waals surface area contributed by atoms with E-state index in [4.69, 9.17) is 4.74 Å². The summed E-state index contributed by atoms with van der Waals surface area (Å²) in [4.78, 5) is 40.4. The van der Waals surface area contributed by atoms with E-state index in [9.17, 15) is 18.8 Å². The maximum atomic E-state index is 13.1. The van der Waals surface area contributed by atoms with Crippen LogP contribution in [0.3, 0.4) is 0 Å². The molecule has 34 heavy (non-hydrogen) atoms. The molecule has 4 aromatic rings. The van der Waals surface area contributed by atoms with Crippen LogP contribution in [0.25, 0.3) is 5.69 Å². The van der Waals surface area contributed by atoms with Crippen molar-refractivity contribution in [2.45, 2.75) is 11.6 Å². The second kappa shape index (κ2) is 10.2. The SMILES string of the molecule is COc1ccc(-n2c(Cc3cc(=O)[nH]c(=O)[nH]3)nnc2SCC(=O)Nc2ccc(F)cc2)cc1. The predicted octanol–water partition coefficient (Wildman–Crippen LogP) is 2.11. The number of rotatable bonds is 8. The summed E-state index contributed by atoms with van der Waals surface area (Å²) >= 11 is 1.15. The summed E-state index contributed by atoms with van der Waals surface area (Å²) in [5.41, 5.74) is 0.393. The molecule has 0 radical (unpaired) electrons. The average molecular weight is 482 g/mol. The van der Waals surface area contributed by atoms with Gasteiger partial charge in [-0.1, -0.05) is 11.8 Å². The lowest BCUT2D eigenvalue weighted by atomic mass is 10.2. The number of aromatic amines is 2. The average Bonchev–Trinajstić information content (AvgIpc) is 3.21. The second-order valence-electron chi connectivity index (χ2n) is 7.07. The molecule has 4 rings (SSSR count). The van der Waals surface area contributed by atoms with E-state index in [1.165, 1.54) is 30.3 Å². The lowest BCUT2D eigenvalue weighted by Crippen LogP contribution is -2.23. The molecule has 0 atom stereocenters. The molecule has 0 unspecified atom stereocenters. The first kappa shape index (κ1) is 23.0. The summed E-state index contributed by atoms with van der Waals surface area (Å²) in [6, 6.07) is 13.9. The monoisotopic (exact) mass is 482 g/mol. The highest BCUT2D eigenvalue weighted by Crippen LogP contribution is 2.25. The summed E-state index contributed by atoms with van der Waals surface area (Å²) in [5.74, 6) is 0.432. The molecule has 0 aliphatic heterocycles. The molecular weight excluding hydrogens is 463 g/mol. The number of hydrogen-bond acceptors (Lipinski definition) is 7. The molecule has 2 heterocycles. The van der Waals surface area contributed by atoms with Crippen LogP contribution >= 0.6 is 11.8 Å². The van der Waals surface area contributed by atoms with Crippen molar-refractivity contribution < 1.29 is 13.9 Å². The molecule has 0 aliphatic rings. The number of H-pyrrole nitrogens is 2. The fourth-order valence-electron chi connectivity index (χ4n) is 3.14. The number of methoxy groups -OCH3 is 1. The summed E-state index contributed by atoms with van der Waals surface area (Å²) in [6.45, 7) is 0. The van der Waals surface area contributed by atoms with Gasteiger partial charge in [0, 0.05) is 29.6 Å². The van der Waals surface area contributed by atoms with Crippen molar-refractivity contribution >= 4 is 23.4 Å². The number of hydrogen-bond donors (Lipinski definition) is 3. The minimum atomic E-state index is -0.620. The normalized spacial score (nSPS) is 10.8. The standard InChI is InChI=1S/C22H19FN6O4S/c1-33-17-8-6-16(7-9-17)29-18(10-15-11-19(30)26-21(32)25-15)27-28-22(29)34-12-20(31)24-14-4-2-13(23)3-5-14/h2-9,11H,10,12H2,1H3,(H,24,31)(H2,25,26,30,32). The van der Waals surface area contributed by atoms with E-state index in [2.05, 4.69) is 25.5 Å². The molecule has 2 aromatic heterocycles. The molecule has 10 nitrogen and oxygen atoms in total. The van der Waals surface area contributed by atoms with Crippen LogP contribution in [0.1, 0.15) is 11.5 Å². The van der Waals surface area contributed by atoms with Gasteiger partial charge in [-0.3, -0.25) is 19.1 Å². The van der Waals surface area contributed by atoms with E-state index in [0.29, 0.717) is 33.8 Å². The van der Waals surface area contributed by atoms with Crippen LogP contribution in [-0.2, 0) is 11.2 Å². The Morgan fingerprint density at radius 3 is 2.50 bits per heavy atom. The van der Waals surface area contributed by atoms with Crippen molar-refractivity contribution in [1.82, 2.24) is 24.7 Å². The van der Waals surface area contributed by atoms with Gasteiger partial charge in [0.05, 0.1) is 12.9 Å². The van der Waals surface area contributed by atoms with E-state index in [1.807, 2.05) is 0 Å². The Labute approximate surface area is 196 Å². The number of carbonyl (C=O) groups is 1. The minimum absolute atomic E-state index is 0.0213. The Morgan fingerprint density at radius 1 is 1.09 bits per heavy atom. The van der Waals surface area contributed by atoms with E-state index >= 15 is 0 Å². The number of aromatic nitrogens is 5. The van der Waals surface area contributed by atoms with Gasteiger partial charge in [0.2, 0.25) is 5.91 Å². The quantitative estimate of drug-likeness (QED) is 0.328. The van der Waals surface area contributed by atoms with E-state index in [1.54, 1.807) is 35.9 Å². The predicted molar refractivity (Wildman–Crippen MR) is 124 cm³/mol. The zero-order valence-corrected chi connectivity index (χ0v) is 18.7. The molecule has 0 aliphatic carbocycles. The van der Waals surface area contributed by atoms with Crippen molar-refractivity contribution in [2.75, 3.05) is 18.2 Å². The second-order valence-corrected chi connectivity index (χ2v) is 8.01. The third-order valence-electron chi connectivity index (χ3n) is 4.66. The highest BCUT2D eigenvalue weighted by Gasteiger charge is 2.17. The molecular formula is C22H19FN6O4S. The van der Waals surface area contributed by atoms with Crippen LogP contribution in [0.15, 0.2) is 69.3 Å². The highest BCUT2D eigenvalue weighted by molar-refractivity contribution is 7.99. The molecule has 0 saturated carbocycles. The minimum Gasteiger partial charge on any atom is -0.497 e. The van der Waals surface area contributed by atoms with Crippen LogP contribution < -0.4 is 21.3 Å². The number of nitrogens with zero attached hydrogens (tertiary/aromatic N) is 3. The summed E-state index contributed by atoms with van der Waals surface area (Å²) in [5, 5.41) is 11.5. The van der Waals surface area contributed by atoms with Gasteiger partial charge in [-0.05, 0) is 48.5 Å². The molecule has 2 aromatic carbocycles. The van der Waals surface area contributed by atoms with Gasteiger partial charge in [-0.15, -0.1) is 10.2 Å². The van der Waals surface area contributed by atoms with Crippen molar-refractivity contribution in [3.8, 4) is 11.4 Å². The van der Waals surface area contributed by atoms with Crippen molar-refractivity contribution in [3.63, 3.8) is 0 Å². The topological polar surface area (TPSA) is 135 Å². The largest absolute Gasteiger partial charge is 0.497 e. The van der Waals surface area contributed by atoms with Crippen molar-refractivity contribution in [2.24, 2.45) is 0 Å². The number of anilines is 1. The first-order valence-corrected chi connectivity index (χ1v) is 11.0. The smallest absolute Gasteiger partial charge is 0.325 e. The maximum absolute atomic E-state index is 13.1. The number of carbonyl (C=O) groups excluding carboxylic acids is 1. The lowest BCUT2D eigenvalue weighted by molar-refractivity contribution is -0.113. The number of benzene rings is 2. The molecule has 1 amide bonds. The van der Waals surface area contributed by atoms with Gasteiger partial charge in [-0.2, -0.15) is 0 Å². The van der Waals surface area contributed by atoms with Crippen molar-refractivity contribution in [1.29, 1.82) is 0 Å². The Balaban J connectivity index is 1.59. The van der Waals surface area contributed by atoms with Crippen LogP contribution in [0, 0.1) is 5.82 Å². The zero-order chi connectivity index (χ0) is 24.1. The number of halogens is 1. The number of thioether (sulfide) groups is 1. The summed E-state index contributed by atoms with van der Waals surface area (Å²) in [6.07, 6.45) is 0.126. The first-order valence-electron chi connectivity index (χ1n) is 10.0. The molecule has 0 bridgehead atoms. The summed E-state index contributed by atoms with van der Waals surface area (Å²) in [7, 11) is 1.56. The van der Waals surface area contributed by atoms with Gasteiger partial charge in [-0.25, -0.2) is 9.18 Å². The van der Waals surface area contributed by atoms with Gasteiger partial charge < -0.3 is 15.0 Å². The van der Waals surface area contributed by atoms with Crippen LogP contribution in [0.5, 0.6) is 5.75 Å².